The summed E-state index contributed by atoms with van der Waals surface area (Å²) in [7, 11) is 1.72. The number of nitrogens with two attached hydrogens (primary N) is 1. The largest absolute Gasteiger partial charge is 0.379 e. The first kappa shape index (κ1) is 20.9. The summed E-state index contributed by atoms with van der Waals surface area (Å²) < 4.78 is 10.9. The highest BCUT2D eigenvalue weighted by Crippen LogP contribution is 2.03. The number of benzene rings is 1. The van der Waals surface area contributed by atoms with Crippen LogP contribution in [0.1, 0.15) is 35.7 Å². The van der Waals surface area contributed by atoms with Crippen LogP contribution in [-0.2, 0) is 16.0 Å². The summed E-state index contributed by atoms with van der Waals surface area (Å²) in [6, 6.07) is 7.15. The lowest BCUT2D eigenvalue weighted by molar-refractivity contribution is 0.0487. The van der Waals surface area contributed by atoms with Gasteiger partial charge in [-0.2, -0.15) is 0 Å². The minimum absolute atomic E-state index is 0.423. The number of primary amides is 1. The van der Waals surface area contributed by atoms with E-state index in [2.05, 4.69) is 22.5 Å². The van der Waals surface area contributed by atoms with Crippen LogP contribution in [0.15, 0.2) is 29.3 Å². The number of guanidine groups is 1. The number of aliphatic imine (C=N–C) groups is 1. The third-order valence-electron chi connectivity index (χ3n) is 3.48. The number of hydrogen-bond donors (Lipinski definition) is 3. The number of ether oxygens (including phenoxy) is 2. The molecule has 1 aromatic rings. The van der Waals surface area contributed by atoms with E-state index in [9.17, 15) is 4.79 Å². The predicted molar refractivity (Wildman–Crippen MR) is 99.7 cm³/mol. The van der Waals surface area contributed by atoms with Crippen molar-refractivity contribution in [3.05, 3.63) is 35.4 Å². The van der Waals surface area contributed by atoms with Crippen molar-refractivity contribution < 1.29 is 14.3 Å². The average molecular weight is 350 g/mol. The van der Waals surface area contributed by atoms with Crippen LogP contribution in [0.2, 0.25) is 0 Å². The highest BCUT2D eigenvalue weighted by molar-refractivity contribution is 5.92. The van der Waals surface area contributed by atoms with E-state index in [1.54, 1.807) is 19.2 Å². The molecule has 4 N–H and O–H groups in total. The number of unbranched alkanes of at least 4 members (excludes halogenated alkanes) is 1. The van der Waals surface area contributed by atoms with Crippen LogP contribution in [0.25, 0.3) is 0 Å². The van der Waals surface area contributed by atoms with Gasteiger partial charge in [-0.05, 0) is 24.1 Å². The van der Waals surface area contributed by atoms with Gasteiger partial charge in [-0.1, -0.05) is 25.5 Å². The zero-order chi connectivity index (χ0) is 18.3. The molecule has 0 radical (unpaired) electrons. The van der Waals surface area contributed by atoms with Gasteiger partial charge in [0.15, 0.2) is 5.96 Å². The second kappa shape index (κ2) is 13.2. The molecule has 0 aliphatic heterocycles. The fraction of sp³-hybridized carbons (Fsp3) is 0.556. The lowest BCUT2D eigenvalue weighted by atomic mass is 10.1. The van der Waals surface area contributed by atoms with Crippen molar-refractivity contribution in [1.82, 2.24) is 10.6 Å². The highest BCUT2D eigenvalue weighted by Gasteiger charge is 2.01. The van der Waals surface area contributed by atoms with Gasteiger partial charge >= 0.3 is 0 Å². The molecule has 25 heavy (non-hydrogen) atoms. The first-order valence-corrected chi connectivity index (χ1v) is 8.66. The Bertz CT molecular complexity index is 518. The Labute approximate surface area is 150 Å². The molecule has 0 aromatic heterocycles. The quantitative estimate of drug-likeness (QED) is 0.300. The monoisotopic (exact) mass is 350 g/mol. The van der Waals surface area contributed by atoms with Gasteiger partial charge in [0.1, 0.15) is 0 Å². The Morgan fingerprint density at radius 2 is 1.76 bits per heavy atom. The minimum Gasteiger partial charge on any atom is -0.379 e. The normalized spacial score (nSPS) is 11.4. The van der Waals surface area contributed by atoms with E-state index in [-0.39, 0.29) is 0 Å². The number of carbonyl (C=O) groups excluding carboxylic acids is 1. The molecule has 0 fully saturated rings. The van der Waals surface area contributed by atoms with Crippen molar-refractivity contribution in [3.63, 3.8) is 0 Å². The molecular weight excluding hydrogens is 320 g/mol. The van der Waals surface area contributed by atoms with Gasteiger partial charge in [0, 0.05) is 32.3 Å². The SMILES string of the molecule is CCCCOCCOCCNC(=NC)NCc1ccc(C(N)=O)cc1. The molecule has 7 nitrogen and oxygen atoms in total. The van der Waals surface area contributed by atoms with Crippen molar-refractivity contribution >= 4 is 11.9 Å². The standard InChI is InChI=1S/C18H30N4O3/c1-3-4-10-24-12-13-25-11-9-21-18(20-2)22-14-15-5-7-16(8-6-15)17(19)23/h5-8H,3-4,9-14H2,1-2H3,(H2,19,23)(H2,20,21,22). The lowest BCUT2D eigenvalue weighted by Gasteiger charge is -2.12. The summed E-state index contributed by atoms with van der Waals surface area (Å²) in [6.45, 7) is 6.03. The molecule has 0 heterocycles. The van der Waals surface area contributed by atoms with Crippen LogP contribution in [0, 0.1) is 0 Å². The fourth-order valence-electron chi connectivity index (χ4n) is 2.00. The zero-order valence-electron chi connectivity index (χ0n) is 15.2. The Morgan fingerprint density at radius 3 is 2.36 bits per heavy atom. The first-order chi connectivity index (χ1) is 12.2. The molecule has 0 aliphatic rings. The summed E-state index contributed by atoms with van der Waals surface area (Å²) >= 11 is 0. The Morgan fingerprint density at radius 1 is 1.08 bits per heavy atom. The topological polar surface area (TPSA) is 98.0 Å². The minimum atomic E-state index is -0.423. The van der Waals surface area contributed by atoms with Gasteiger partial charge in [-0.3, -0.25) is 9.79 Å². The van der Waals surface area contributed by atoms with E-state index in [0.29, 0.717) is 44.4 Å². The van der Waals surface area contributed by atoms with Crippen LogP contribution >= 0.6 is 0 Å². The van der Waals surface area contributed by atoms with Gasteiger partial charge in [0.05, 0.1) is 19.8 Å². The number of nitrogens with one attached hydrogen (secondary N) is 2. The molecule has 0 atom stereocenters. The van der Waals surface area contributed by atoms with E-state index in [0.717, 1.165) is 25.0 Å². The summed E-state index contributed by atoms with van der Waals surface area (Å²) in [4.78, 5) is 15.2. The maximum atomic E-state index is 11.0. The van der Waals surface area contributed by atoms with Crippen molar-refractivity contribution in [1.29, 1.82) is 0 Å². The summed E-state index contributed by atoms with van der Waals surface area (Å²) in [5.74, 6) is 0.273. The number of rotatable bonds is 12. The average Bonchev–Trinajstić information content (AvgIpc) is 2.63. The molecule has 0 bridgehead atoms. The van der Waals surface area contributed by atoms with Crippen molar-refractivity contribution in [2.45, 2.75) is 26.3 Å². The Balaban J connectivity index is 2.13. The number of carbonyl (C=O) groups is 1. The molecule has 0 unspecified atom stereocenters. The lowest BCUT2D eigenvalue weighted by Crippen LogP contribution is -2.38. The van der Waals surface area contributed by atoms with Gasteiger partial charge in [0.25, 0.3) is 0 Å². The summed E-state index contributed by atoms with van der Waals surface area (Å²) in [5, 5.41) is 6.38. The Hall–Kier alpha value is -2.12. The second-order valence-electron chi connectivity index (χ2n) is 5.49. The van der Waals surface area contributed by atoms with Gasteiger partial charge in [-0.15, -0.1) is 0 Å². The molecule has 7 heteroatoms. The van der Waals surface area contributed by atoms with E-state index in [1.807, 2.05) is 12.1 Å². The van der Waals surface area contributed by atoms with Crippen LogP contribution in [0.3, 0.4) is 0 Å². The molecule has 1 rings (SSSR count). The second-order valence-corrected chi connectivity index (χ2v) is 5.49. The molecule has 0 saturated carbocycles. The fourth-order valence-corrected chi connectivity index (χ4v) is 2.00. The molecular formula is C18H30N4O3. The zero-order valence-corrected chi connectivity index (χ0v) is 15.2. The van der Waals surface area contributed by atoms with Crippen LogP contribution in [-0.4, -0.2) is 51.9 Å². The summed E-state index contributed by atoms with van der Waals surface area (Å²) in [6.07, 6.45) is 2.24. The molecule has 1 amide bonds. The summed E-state index contributed by atoms with van der Waals surface area (Å²) in [5.41, 5.74) is 6.76. The van der Waals surface area contributed by atoms with Crippen molar-refractivity contribution in [2.24, 2.45) is 10.7 Å². The number of hydrogen-bond acceptors (Lipinski definition) is 4. The smallest absolute Gasteiger partial charge is 0.248 e. The van der Waals surface area contributed by atoms with E-state index in [1.165, 1.54) is 0 Å². The van der Waals surface area contributed by atoms with Crippen molar-refractivity contribution in [2.75, 3.05) is 40.0 Å². The van der Waals surface area contributed by atoms with Gasteiger partial charge in [0.2, 0.25) is 5.91 Å². The highest BCUT2D eigenvalue weighted by atomic mass is 16.5. The van der Waals surface area contributed by atoms with E-state index < -0.39 is 5.91 Å². The third kappa shape index (κ3) is 9.69. The molecule has 0 aliphatic carbocycles. The van der Waals surface area contributed by atoms with E-state index in [4.69, 9.17) is 15.2 Å². The van der Waals surface area contributed by atoms with Crippen LogP contribution < -0.4 is 16.4 Å². The van der Waals surface area contributed by atoms with Crippen molar-refractivity contribution in [3.8, 4) is 0 Å². The first-order valence-electron chi connectivity index (χ1n) is 8.66. The predicted octanol–water partition coefficient (Wildman–Crippen LogP) is 1.28. The molecule has 0 spiro atoms. The van der Waals surface area contributed by atoms with Gasteiger partial charge in [-0.25, -0.2) is 0 Å². The Kier molecular flexibility index (Phi) is 11.0. The van der Waals surface area contributed by atoms with Crippen LogP contribution in [0.4, 0.5) is 0 Å². The molecule has 0 saturated heterocycles. The van der Waals surface area contributed by atoms with Gasteiger partial charge < -0.3 is 25.8 Å². The number of amides is 1. The molecule has 140 valence electrons. The van der Waals surface area contributed by atoms with E-state index >= 15 is 0 Å². The maximum absolute atomic E-state index is 11.0. The number of nitrogens with zero attached hydrogens (tertiary/aromatic N) is 1. The third-order valence-corrected chi connectivity index (χ3v) is 3.48. The maximum Gasteiger partial charge on any atom is 0.248 e. The van der Waals surface area contributed by atoms with Crippen LogP contribution in [0.5, 0.6) is 0 Å². The molecule has 1 aromatic carbocycles.